The minimum absolute atomic E-state index is 0.110. The van der Waals surface area contributed by atoms with E-state index in [0.29, 0.717) is 23.5 Å². The molecule has 1 aliphatic carbocycles. The molecule has 4 rings (SSSR count). The van der Waals surface area contributed by atoms with Gasteiger partial charge in [0.05, 0.1) is 24.5 Å². The standard InChI is InChI=1S/C18H24N6O3S2/c1-2-27-15(26)9-12-10-28-16(19-12)20-14(25)11-29-18-22-21-17(23-7-3-4-8-23)24(18)13-5-6-13/h10,13H,2-9,11H2,1H3,(H,19,20,25). The third kappa shape index (κ3) is 5.08. The Labute approximate surface area is 177 Å². The van der Waals surface area contributed by atoms with Crippen molar-refractivity contribution in [1.82, 2.24) is 19.7 Å². The lowest BCUT2D eigenvalue weighted by Gasteiger charge is -2.17. The molecule has 1 N–H and O–H groups in total. The second-order valence-electron chi connectivity index (χ2n) is 7.04. The maximum absolute atomic E-state index is 12.4. The monoisotopic (exact) mass is 436 g/mol. The number of nitrogens with one attached hydrogen (secondary N) is 1. The molecule has 0 spiro atoms. The van der Waals surface area contributed by atoms with Crippen LogP contribution < -0.4 is 10.2 Å². The maximum Gasteiger partial charge on any atom is 0.311 e. The molecular formula is C18H24N6O3S2. The molecule has 0 atom stereocenters. The number of thiazole rings is 1. The Bertz CT molecular complexity index is 873. The molecule has 0 aromatic carbocycles. The number of thioether (sulfide) groups is 1. The lowest BCUT2D eigenvalue weighted by Crippen LogP contribution is -2.22. The minimum Gasteiger partial charge on any atom is -0.466 e. The Morgan fingerprint density at radius 2 is 2.10 bits per heavy atom. The van der Waals surface area contributed by atoms with Gasteiger partial charge in [-0.3, -0.25) is 14.2 Å². The zero-order valence-corrected chi connectivity index (χ0v) is 17.9. The molecule has 1 amide bonds. The van der Waals surface area contributed by atoms with Crippen LogP contribution in [-0.2, 0) is 20.7 Å². The molecule has 2 aromatic heterocycles. The Morgan fingerprint density at radius 1 is 1.31 bits per heavy atom. The van der Waals surface area contributed by atoms with E-state index in [1.54, 1.807) is 12.3 Å². The van der Waals surface area contributed by atoms with Gasteiger partial charge < -0.3 is 15.0 Å². The number of rotatable bonds is 9. The summed E-state index contributed by atoms with van der Waals surface area (Å²) < 4.78 is 7.11. The number of aromatic nitrogens is 4. The number of carbonyl (C=O) groups is 2. The Kier molecular flexibility index (Phi) is 6.34. The number of carbonyl (C=O) groups excluding carboxylic acids is 2. The largest absolute Gasteiger partial charge is 0.466 e. The van der Waals surface area contributed by atoms with Gasteiger partial charge in [-0.05, 0) is 32.6 Å². The normalized spacial score (nSPS) is 16.2. The molecule has 156 valence electrons. The molecule has 11 heteroatoms. The number of ether oxygens (including phenoxy) is 1. The van der Waals surface area contributed by atoms with Crippen LogP contribution in [0.5, 0.6) is 0 Å². The fraction of sp³-hybridized carbons (Fsp3) is 0.611. The maximum atomic E-state index is 12.4. The van der Waals surface area contributed by atoms with E-state index in [2.05, 4.69) is 30.0 Å². The number of nitrogens with zero attached hydrogens (tertiary/aromatic N) is 5. The number of esters is 1. The summed E-state index contributed by atoms with van der Waals surface area (Å²) in [4.78, 5) is 30.4. The first-order valence-electron chi connectivity index (χ1n) is 9.86. The van der Waals surface area contributed by atoms with Crippen molar-refractivity contribution in [1.29, 1.82) is 0 Å². The van der Waals surface area contributed by atoms with Crippen molar-refractivity contribution >= 4 is 46.1 Å². The molecule has 2 aromatic rings. The van der Waals surface area contributed by atoms with Crippen LogP contribution in [0.25, 0.3) is 0 Å². The van der Waals surface area contributed by atoms with Crippen molar-refractivity contribution in [3.8, 4) is 0 Å². The van der Waals surface area contributed by atoms with Crippen LogP contribution in [0.15, 0.2) is 10.5 Å². The van der Waals surface area contributed by atoms with Gasteiger partial charge in [-0.15, -0.1) is 21.5 Å². The van der Waals surface area contributed by atoms with Crippen LogP contribution in [0.2, 0.25) is 0 Å². The summed E-state index contributed by atoms with van der Waals surface area (Å²) in [6.07, 6.45) is 4.77. The molecular weight excluding hydrogens is 412 g/mol. The SMILES string of the molecule is CCOC(=O)Cc1csc(NC(=O)CSc2nnc(N3CCCC3)n2C2CC2)n1. The third-order valence-electron chi connectivity index (χ3n) is 4.71. The van der Waals surface area contributed by atoms with Crippen LogP contribution in [0.1, 0.15) is 44.3 Å². The minimum atomic E-state index is -0.320. The van der Waals surface area contributed by atoms with Crippen LogP contribution in [0.3, 0.4) is 0 Å². The molecule has 0 radical (unpaired) electrons. The lowest BCUT2D eigenvalue weighted by atomic mass is 10.3. The highest BCUT2D eigenvalue weighted by Gasteiger charge is 2.32. The van der Waals surface area contributed by atoms with E-state index >= 15 is 0 Å². The zero-order chi connectivity index (χ0) is 20.2. The van der Waals surface area contributed by atoms with E-state index < -0.39 is 0 Å². The molecule has 1 aliphatic heterocycles. The molecule has 29 heavy (non-hydrogen) atoms. The fourth-order valence-corrected chi connectivity index (χ4v) is 4.77. The summed E-state index contributed by atoms with van der Waals surface area (Å²) in [7, 11) is 0. The van der Waals surface area contributed by atoms with Crippen molar-refractivity contribution in [3.63, 3.8) is 0 Å². The van der Waals surface area contributed by atoms with Crippen LogP contribution in [0.4, 0.5) is 11.1 Å². The average Bonchev–Trinajstić information content (AvgIpc) is 3.10. The molecule has 0 unspecified atom stereocenters. The highest BCUT2D eigenvalue weighted by atomic mass is 32.2. The van der Waals surface area contributed by atoms with Gasteiger partial charge >= 0.3 is 5.97 Å². The molecule has 2 aliphatic rings. The highest BCUT2D eigenvalue weighted by molar-refractivity contribution is 7.99. The first-order chi connectivity index (χ1) is 14.1. The number of anilines is 2. The predicted octanol–water partition coefficient (Wildman–Crippen LogP) is 2.51. The van der Waals surface area contributed by atoms with Gasteiger partial charge in [0.15, 0.2) is 10.3 Å². The lowest BCUT2D eigenvalue weighted by molar-refractivity contribution is -0.142. The molecule has 2 fully saturated rings. The summed E-state index contributed by atoms with van der Waals surface area (Å²) in [5.41, 5.74) is 0.597. The Balaban J connectivity index is 1.32. The summed E-state index contributed by atoms with van der Waals surface area (Å²) >= 11 is 2.70. The van der Waals surface area contributed by atoms with E-state index in [1.807, 2.05) is 0 Å². The van der Waals surface area contributed by atoms with Crippen LogP contribution >= 0.6 is 23.1 Å². The van der Waals surface area contributed by atoms with Gasteiger partial charge in [0, 0.05) is 24.5 Å². The van der Waals surface area contributed by atoms with Gasteiger partial charge in [0.25, 0.3) is 0 Å². The summed E-state index contributed by atoms with van der Waals surface area (Å²) in [6, 6.07) is 0.454. The second kappa shape index (κ2) is 9.12. The Morgan fingerprint density at radius 3 is 2.83 bits per heavy atom. The van der Waals surface area contributed by atoms with Gasteiger partial charge in [0.1, 0.15) is 0 Å². The average molecular weight is 437 g/mol. The highest BCUT2D eigenvalue weighted by Crippen LogP contribution is 2.41. The predicted molar refractivity (Wildman–Crippen MR) is 112 cm³/mol. The number of hydrogen-bond acceptors (Lipinski definition) is 9. The van der Waals surface area contributed by atoms with Crippen molar-refractivity contribution < 1.29 is 14.3 Å². The van der Waals surface area contributed by atoms with Crippen molar-refractivity contribution in [2.24, 2.45) is 0 Å². The first-order valence-corrected chi connectivity index (χ1v) is 11.7. The second-order valence-corrected chi connectivity index (χ2v) is 8.84. The molecule has 9 nitrogen and oxygen atoms in total. The number of amides is 1. The summed E-state index contributed by atoms with van der Waals surface area (Å²) in [5.74, 6) is 0.702. The van der Waals surface area contributed by atoms with Crippen molar-refractivity contribution in [3.05, 3.63) is 11.1 Å². The summed E-state index contributed by atoms with van der Waals surface area (Å²) in [5, 5.41) is 14.6. The van der Waals surface area contributed by atoms with Crippen LogP contribution in [0, 0.1) is 0 Å². The fourth-order valence-electron chi connectivity index (χ4n) is 3.24. The molecule has 0 bridgehead atoms. The number of hydrogen-bond donors (Lipinski definition) is 1. The summed E-state index contributed by atoms with van der Waals surface area (Å²) in [6.45, 7) is 4.15. The van der Waals surface area contributed by atoms with E-state index in [4.69, 9.17) is 4.74 Å². The molecule has 1 saturated heterocycles. The van der Waals surface area contributed by atoms with Gasteiger partial charge in [-0.1, -0.05) is 11.8 Å². The third-order valence-corrected chi connectivity index (χ3v) is 6.46. The van der Waals surface area contributed by atoms with Crippen molar-refractivity contribution in [2.45, 2.75) is 50.2 Å². The first kappa shape index (κ1) is 20.1. The molecule has 3 heterocycles. The van der Waals surface area contributed by atoms with Crippen LogP contribution in [-0.4, -0.2) is 57.1 Å². The van der Waals surface area contributed by atoms with E-state index in [1.165, 1.54) is 35.9 Å². The van der Waals surface area contributed by atoms with Gasteiger partial charge in [-0.25, -0.2) is 4.98 Å². The van der Waals surface area contributed by atoms with E-state index in [0.717, 1.165) is 37.0 Å². The van der Waals surface area contributed by atoms with Crippen molar-refractivity contribution in [2.75, 3.05) is 35.7 Å². The smallest absolute Gasteiger partial charge is 0.311 e. The Hall–Kier alpha value is -2.14. The topological polar surface area (TPSA) is 102 Å². The zero-order valence-electron chi connectivity index (χ0n) is 16.3. The van der Waals surface area contributed by atoms with E-state index in [9.17, 15) is 9.59 Å². The quantitative estimate of drug-likeness (QED) is 0.473. The van der Waals surface area contributed by atoms with Gasteiger partial charge in [-0.2, -0.15) is 0 Å². The molecule has 1 saturated carbocycles. The van der Waals surface area contributed by atoms with E-state index in [-0.39, 0.29) is 24.1 Å². The van der Waals surface area contributed by atoms with Gasteiger partial charge in [0.2, 0.25) is 11.9 Å².